The minimum atomic E-state index is -0.508. The third-order valence-corrected chi connectivity index (χ3v) is 6.60. The van der Waals surface area contributed by atoms with E-state index in [1.54, 1.807) is 16.8 Å². The molecule has 8 nitrogen and oxygen atoms in total. The number of pyridine rings is 1. The maximum atomic E-state index is 13.1. The van der Waals surface area contributed by atoms with Crippen molar-refractivity contribution in [1.82, 2.24) is 19.9 Å². The molecule has 182 valence electrons. The largest absolute Gasteiger partial charge is 0.384 e. The number of amides is 1. The molecule has 1 amide bonds. The van der Waals surface area contributed by atoms with Crippen LogP contribution in [0.2, 0.25) is 0 Å². The van der Waals surface area contributed by atoms with Crippen LogP contribution < -0.4 is 21.9 Å². The predicted molar refractivity (Wildman–Crippen MR) is 135 cm³/mol. The van der Waals surface area contributed by atoms with E-state index in [1.165, 1.54) is 32.1 Å². The van der Waals surface area contributed by atoms with Crippen LogP contribution in [0.1, 0.15) is 67.9 Å². The highest BCUT2D eigenvalue weighted by molar-refractivity contribution is 5.85. The lowest BCUT2D eigenvalue weighted by molar-refractivity contribution is -0.124. The second-order valence-electron chi connectivity index (χ2n) is 8.75. The Kier molecular flexibility index (Phi) is 9.98. The number of aromatic nitrogens is 3. The number of nitrogen functional groups attached to an aromatic ring is 1. The zero-order valence-corrected chi connectivity index (χ0v) is 20.6. The van der Waals surface area contributed by atoms with Crippen LogP contribution in [-0.2, 0) is 17.8 Å². The van der Waals surface area contributed by atoms with Crippen molar-refractivity contribution in [3.05, 3.63) is 45.6 Å². The molecule has 2 aromatic rings. The fourth-order valence-electron chi connectivity index (χ4n) is 4.78. The van der Waals surface area contributed by atoms with Crippen LogP contribution in [0.15, 0.2) is 23.1 Å². The van der Waals surface area contributed by atoms with Gasteiger partial charge in [-0.1, -0.05) is 38.2 Å². The van der Waals surface area contributed by atoms with Crippen LogP contribution in [0.25, 0.3) is 0 Å². The molecule has 33 heavy (non-hydrogen) atoms. The quantitative estimate of drug-likeness (QED) is 0.539. The molecule has 1 aliphatic heterocycles. The number of carbonyl (C=O) groups excluding carboxylic acids is 1. The van der Waals surface area contributed by atoms with Crippen molar-refractivity contribution in [2.24, 2.45) is 5.92 Å². The van der Waals surface area contributed by atoms with E-state index in [0.29, 0.717) is 31.0 Å². The summed E-state index contributed by atoms with van der Waals surface area (Å²) in [5.74, 6) is 1.39. The number of carbonyl (C=O) groups is 1. The first-order chi connectivity index (χ1) is 15.0. The van der Waals surface area contributed by atoms with E-state index in [9.17, 15) is 9.59 Å². The first kappa shape index (κ1) is 26.9. The highest BCUT2D eigenvalue weighted by atomic mass is 35.5. The Morgan fingerprint density at radius 2 is 1.94 bits per heavy atom. The summed E-state index contributed by atoms with van der Waals surface area (Å²) in [6.07, 6.45) is 10.6. The van der Waals surface area contributed by atoms with Crippen LogP contribution in [0.3, 0.4) is 0 Å². The van der Waals surface area contributed by atoms with Crippen molar-refractivity contribution in [3.63, 3.8) is 0 Å². The Hall–Kier alpha value is -2.32. The van der Waals surface area contributed by atoms with Crippen LogP contribution in [0, 0.1) is 12.8 Å². The van der Waals surface area contributed by atoms with Gasteiger partial charge in [0.15, 0.2) is 5.82 Å². The van der Waals surface area contributed by atoms with Gasteiger partial charge in [0, 0.05) is 30.7 Å². The van der Waals surface area contributed by atoms with Gasteiger partial charge in [0.25, 0.3) is 5.56 Å². The van der Waals surface area contributed by atoms with E-state index in [1.807, 2.05) is 13.0 Å². The molecule has 4 N–H and O–H groups in total. The molecule has 1 saturated carbocycles. The van der Waals surface area contributed by atoms with Gasteiger partial charge < -0.3 is 16.4 Å². The molecule has 3 heterocycles. The predicted octanol–water partition coefficient (Wildman–Crippen LogP) is 3.56. The van der Waals surface area contributed by atoms with Gasteiger partial charge in [-0.3, -0.25) is 14.2 Å². The number of halogens is 2. The minimum Gasteiger partial charge on any atom is -0.384 e. The van der Waals surface area contributed by atoms with Crippen LogP contribution >= 0.6 is 24.8 Å². The fourth-order valence-corrected chi connectivity index (χ4v) is 4.78. The maximum absolute atomic E-state index is 13.1. The number of anilines is 2. The first-order valence-electron chi connectivity index (χ1n) is 11.4. The summed E-state index contributed by atoms with van der Waals surface area (Å²) in [7, 11) is 0. The van der Waals surface area contributed by atoms with Gasteiger partial charge in [0.05, 0.1) is 0 Å². The molecule has 2 aromatic heterocycles. The van der Waals surface area contributed by atoms with E-state index < -0.39 is 6.04 Å². The Balaban J connectivity index is 0.00000193. The van der Waals surface area contributed by atoms with Crippen LogP contribution in [0.5, 0.6) is 0 Å². The standard InChI is InChI=1S/C23H32N6O2.2ClH/c1-15-17(7-10-20(24)28-15)13-27-22(30)19-9-8-18-14-26-21(23(31)29(18)19)25-12-11-16-5-3-2-4-6-16;;/h7,10,14,16,19H,2-6,8-9,11-13H2,1H3,(H2,24,28)(H,25,26)(H,27,30);2*1H/t19-;;/m0../s1. The highest BCUT2D eigenvalue weighted by Gasteiger charge is 2.30. The molecule has 10 heteroatoms. The molecule has 0 bridgehead atoms. The van der Waals surface area contributed by atoms with E-state index in [4.69, 9.17) is 5.73 Å². The average Bonchev–Trinajstić information content (AvgIpc) is 3.20. The third kappa shape index (κ3) is 6.38. The zero-order valence-electron chi connectivity index (χ0n) is 19.0. The second kappa shape index (κ2) is 12.2. The van der Waals surface area contributed by atoms with Crippen molar-refractivity contribution in [2.45, 2.75) is 70.9 Å². The SMILES string of the molecule is Cc1nc(N)ccc1CNC(=O)[C@@H]1CCc2cnc(NCCC3CCCCC3)c(=O)n21.Cl.Cl. The van der Waals surface area contributed by atoms with Gasteiger partial charge in [0.1, 0.15) is 11.9 Å². The number of rotatable bonds is 7. The summed E-state index contributed by atoms with van der Waals surface area (Å²) in [6.45, 7) is 2.97. The molecular formula is C23H34Cl2N6O2. The van der Waals surface area contributed by atoms with Gasteiger partial charge in [-0.2, -0.15) is 0 Å². The van der Waals surface area contributed by atoms with E-state index in [0.717, 1.165) is 35.8 Å². The number of hydrogen-bond acceptors (Lipinski definition) is 6. The van der Waals surface area contributed by atoms with Gasteiger partial charge >= 0.3 is 0 Å². The van der Waals surface area contributed by atoms with Gasteiger partial charge in [-0.25, -0.2) is 9.97 Å². The Bertz CT molecular complexity index is 1010. The van der Waals surface area contributed by atoms with Crippen molar-refractivity contribution < 1.29 is 4.79 Å². The lowest BCUT2D eigenvalue weighted by Gasteiger charge is -2.21. The highest BCUT2D eigenvalue weighted by Crippen LogP contribution is 2.27. The summed E-state index contributed by atoms with van der Waals surface area (Å²) >= 11 is 0. The number of fused-ring (bicyclic) bond motifs is 1. The van der Waals surface area contributed by atoms with Gasteiger partial charge in [0.2, 0.25) is 5.91 Å². The van der Waals surface area contributed by atoms with Crippen molar-refractivity contribution in [3.8, 4) is 0 Å². The topological polar surface area (TPSA) is 115 Å². The average molecular weight is 497 g/mol. The van der Waals surface area contributed by atoms with Gasteiger partial charge in [-0.15, -0.1) is 24.8 Å². The molecular weight excluding hydrogens is 463 g/mol. The summed E-state index contributed by atoms with van der Waals surface area (Å²) in [5.41, 5.74) is 8.00. The fraction of sp³-hybridized carbons (Fsp3) is 0.565. The lowest BCUT2D eigenvalue weighted by Crippen LogP contribution is -2.36. The number of nitrogens with zero attached hydrogens (tertiary/aromatic N) is 3. The number of nitrogens with one attached hydrogen (secondary N) is 2. The van der Waals surface area contributed by atoms with Gasteiger partial charge in [-0.05, 0) is 43.7 Å². The molecule has 4 rings (SSSR count). The zero-order chi connectivity index (χ0) is 21.8. The molecule has 1 aliphatic carbocycles. The lowest BCUT2D eigenvalue weighted by atomic mass is 9.87. The molecule has 0 aromatic carbocycles. The minimum absolute atomic E-state index is 0. The molecule has 0 spiro atoms. The molecule has 1 atom stereocenters. The number of nitrogens with two attached hydrogens (primary N) is 1. The van der Waals surface area contributed by atoms with Crippen LogP contribution in [0.4, 0.5) is 11.6 Å². The Morgan fingerprint density at radius 1 is 1.18 bits per heavy atom. The molecule has 0 saturated heterocycles. The normalized spacial score (nSPS) is 17.4. The van der Waals surface area contributed by atoms with Crippen molar-refractivity contribution in [2.75, 3.05) is 17.6 Å². The molecule has 1 fully saturated rings. The van der Waals surface area contributed by atoms with Crippen LogP contribution in [-0.4, -0.2) is 27.0 Å². The summed E-state index contributed by atoms with van der Waals surface area (Å²) in [4.78, 5) is 34.5. The molecule has 0 radical (unpaired) electrons. The Morgan fingerprint density at radius 3 is 2.67 bits per heavy atom. The number of aryl methyl sites for hydroxylation is 2. The van der Waals surface area contributed by atoms with Crippen molar-refractivity contribution in [1.29, 1.82) is 0 Å². The first-order valence-corrected chi connectivity index (χ1v) is 11.4. The summed E-state index contributed by atoms with van der Waals surface area (Å²) in [5, 5.41) is 6.18. The Labute approximate surface area is 207 Å². The molecule has 0 unspecified atom stereocenters. The van der Waals surface area contributed by atoms with E-state index in [-0.39, 0.29) is 36.3 Å². The van der Waals surface area contributed by atoms with Crippen molar-refractivity contribution >= 4 is 42.4 Å². The van der Waals surface area contributed by atoms with E-state index in [2.05, 4.69) is 20.6 Å². The third-order valence-electron chi connectivity index (χ3n) is 6.60. The number of hydrogen-bond donors (Lipinski definition) is 3. The monoisotopic (exact) mass is 496 g/mol. The smallest absolute Gasteiger partial charge is 0.294 e. The summed E-state index contributed by atoms with van der Waals surface area (Å²) in [6, 6.07) is 3.08. The maximum Gasteiger partial charge on any atom is 0.294 e. The second-order valence-corrected chi connectivity index (χ2v) is 8.75. The molecule has 2 aliphatic rings. The van der Waals surface area contributed by atoms with E-state index >= 15 is 0 Å². The summed E-state index contributed by atoms with van der Waals surface area (Å²) < 4.78 is 1.61.